The summed E-state index contributed by atoms with van der Waals surface area (Å²) in [6.07, 6.45) is 3.52. The molecule has 0 saturated carbocycles. The van der Waals surface area contributed by atoms with Crippen molar-refractivity contribution in [3.63, 3.8) is 0 Å². The molecule has 0 fully saturated rings. The first-order valence-electron chi connectivity index (χ1n) is 6.33. The van der Waals surface area contributed by atoms with Gasteiger partial charge in [-0.3, -0.25) is 4.90 Å². The van der Waals surface area contributed by atoms with Crippen molar-refractivity contribution in [3.05, 3.63) is 53.9 Å². The second kappa shape index (κ2) is 5.10. The van der Waals surface area contributed by atoms with Gasteiger partial charge in [0, 0.05) is 30.3 Å². The van der Waals surface area contributed by atoms with Gasteiger partial charge in [0.2, 0.25) is 0 Å². The highest BCUT2D eigenvalue weighted by Crippen LogP contribution is 2.32. The Morgan fingerprint density at radius 2 is 2.14 bits per heavy atom. The largest absolute Gasteiger partial charge is 0.351 e. The zero-order valence-corrected chi connectivity index (χ0v) is 12.1. The van der Waals surface area contributed by atoms with Gasteiger partial charge in [0.05, 0.1) is 11.4 Å². The van der Waals surface area contributed by atoms with Crippen LogP contribution in [-0.2, 0) is 7.05 Å². The molecule has 0 saturated heterocycles. The van der Waals surface area contributed by atoms with E-state index in [1.165, 1.54) is 4.90 Å². The normalized spacial score (nSPS) is 10.8. The van der Waals surface area contributed by atoms with E-state index in [2.05, 4.69) is 4.98 Å². The Morgan fingerprint density at radius 1 is 1.33 bits per heavy atom. The van der Waals surface area contributed by atoms with Gasteiger partial charge in [0.25, 0.3) is 0 Å². The Labute approximate surface area is 126 Å². The Bertz CT molecular complexity index is 827. The van der Waals surface area contributed by atoms with Crippen LogP contribution < -0.4 is 10.6 Å². The van der Waals surface area contributed by atoms with Gasteiger partial charge in [-0.15, -0.1) is 0 Å². The summed E-state index contributed by atoms with van der Waals surface area (Å²) in [4.78, 5) is 17.2. The van der Waals surface area contributed by atoms with Crippen LogP contribution in [0.15, 0.2) is 48.8 Å². The second-order valence-corrected chi connectivity index (χ2v) is 5.01. The summed E-state index contributed by atoms with van der Waals surface area (Å²) in [7, 11) is 1.96. The first-order valence-corrected chi connectivity index (χ1v) is 6.71. The number of nitrogens with two attached hydrogens (primary N) is 1. The molecule has 0 bridgehead atoms. The molecule has 6 heteroatoms. The number of carbonyl (C=O) groups is 1. The van der Waals surface area contributed by atoms with Crippen molar-refractivity contribution < 1.29 is 4.79 Å². The fraction of sp³-hybridized carbons (Fsp3) is 0.0667. The van der Waals surface area contributed by atoms with Crippen LogP contribution in [0, 0.1) is 0 Å². The number of urea groups is 1. The van der Waals surface area contributed by atoms with E-state index < -0.39 is 6.03 Å². The molecule has 2 N–H and O–H groups in total. The predicted molar refractivity (Wildman–Crippen MR) is 83.9 cm³/mol. The summed E-state index contributed by atoms with van der Waals surface area (Å²) >= 11 is 6.07. The highest BCUT2D eigenvalue weighted by Gasteiger charge is 2.18. The number of fused-ring (bicyclic) bond motifs is 1. The average molecular weight is 301 g/mol. The second-order valence-electron chi connectivity index (χ2n) is 4.66. The maximum Gasteiger partial charge on any atom is 0.323 e. The summed E-state index contributed by atoms with van der Waals surface area (Å²) in [5.74, 6) is 0. The smallest absolute Gasteiger partial charge is 0.323 e. The number of primary amides is 1. The predicted octanol–water partition coefficient (Wildman–Crippen LogP) is 3.44. The number of amides is 2. The van der Waals surface area contributed by atoms with Crippen molar-refractivity contribution in [3.8, 4) is 0 Å². The van der Waals surface area contributed by atoms with Crippen molar-refractivity contribution in [2.75, 3.05) is 4.90 Å². The molecule has 0 atom stereocenters. The Balaban J connectivity index is 2.16. The fourth-order valence-corrected chi connectivity index (χ4v) is 2.54. The third-order valence-electron chi connectivity index (χ3n) is 3.33. The number of pyridine rings is 1. The quantitative estimate of drug-likeness (QED) is 0.737. The standard InChI is InChI=1S/C15H13ClN4O/c1-19-8-6-10-9-11(4-5-12(10)19)20(15(17)21)13-3-2-7-18-14(13)16/h2-9H,1H3,(H2,17,21). The molecule has 3 rings (SSSR count). The van der Waals surface area contributed by atoms with Crippen LogP contribution in [0.1, 0.15) is 0 Å². The number of carbonyl (C=O) groups excluding carboxylic acids is 1. The number of benzene rings is 1. The highest BCUT2D eigenvalue weighted by atomic mass is 35.5. The van der Waals surface area contributed by atoms with E-state index in [9.17, 15) is 4.79 Å². The number of aryl methyl sites for hydroxylation is 1. The fourth-order valence-electron chi connectivity index (χ4n) is 2.34. The topological polar surface area (TPSA) is 64.2 Å². The van der Waals surface area contributed by atoms with E-state index in [1.807, 2.05) is 42.1 Å². The van der Waals surface area contributed by atoms with Gasteiger partial charge >= 0.3 is 6.03 Å². The lowest BCUT2D eigenvalue weighted by Crippen LogP contribution is -2.31. The zero-order valence-electron chi connectivity index (χ0n) is 11.3. The maximum absolute atomic E-state index is 11.9. The molecule has 0 aliphatic heterocycles. The van der Waals surface area contributed by atoms with Crippen LogP contribution in [0.25, 0.3) is 10.9 Å². The van der Waals surface area contributed by atoms with Crippen LogP contribution in [0.3, 0.4) is 0 Å². The number of nitrogens with zero attached hydrogens (tertiary/aromatic N) is 3. The first-order chi connectivity index (χ1) is 10.1. The third-order valence-corrected chi connectivity index (χ3v) is 3.62. The third kappa shape index (κ3) is 2.32. The van der Waals surface area contributed by atoms with Crippen molar-refractivity contribution in [1.82, 2.24) is 9.55 Å². The minimum Gasteiger partial charge on any atom is -0.351 e. The molecule has 0 radical (unpaired) electrons. The lowest BCUT2D eigenvalue weighted by atomic mass is 10.2. The van der Waals surface area contributed by atoms with Crippen molar-refractivity contribution in [1.29, 1.82) is 0 Å². The van der Waals surface area contributed by atoms with Gasteiger partial charge in [0.15, 0.2) is 5.15 Å². The van der Waals surface area contributed by atoms with Crippen LogP contribution in [-0.4, -0.2) is 15.6 Å². The van der Waals surface area contributed by atoms with Crippen molar-refractivity contribution in [2.45, 2.75) is 0 Å². The van der Waals surface area contributed by atoms with Gasteiger partial charge < -0.3 is 10.3 Å². The van der Waals surface area contributed by atoms with Crippen LogP contribution in [0.2, 0.25) is 5.15 Å². The summed E-state index contributed by atoms with van der Waals surface area (Å²) < 4.78 is 2.00. The molecule has 0 spiro atoms. The number of halogens is 1. The minimum atomic E-state index is -0.611. The molecule has 2 heterocycles. The molecular formula is C15H13ClN4O. The van der Waals surface area contributed by atoms with Gasteiger partial charge in [0.1, 0.15) is 0 Å². The van der Waals surface area contributed by atoms with Crippen LogP contribution in [0.4, 0.5) is 16.2 Å². The summed E-state index contributed by atoms with van der Waals surface area (Å²) in [6, 6.07) is 10.4. The Kier molecular flexibility index (Phi) is 3.27. The van der Waals surface area contributed by atoms with E-state index in [-0.39, 0.29) is 5.15 Å². The van der Waals surface area contributed by atoms with E-state index in [1.54, 1.807) is 18.3 Å². The number of aromatic nitrogens is 2. The first kappa shape index (κ1) is 13.5. The van der Waals surface area contributed by atoms with E-state index in [0.29, 0.717) is 11.4 Å². The SMILES string of the molecule is Cn1ccc2cc(N(C(N)=O)c3cccnc3Cl)ccc21. The summed E-state index contributed by atoms with van der Waals surface area (Å²) in [5.41, 5.74) is 7.69. The molecule has 0 aliphatic rings. The average Bonchev–Trinajstić information content (AvgIpc) is 2.82. The molecule has 0 unspecified atom stereocenters. The van der Waals surface area contributed by atoms with Crippen molar-refractivity contribution >= 4 is 39.9 Å². The Morgan fingerprint density at radius 3 is 2.86 bits per heavy atom. The molecule has 2 amide bonds. The van der Waals surface area contributed by atoms with Gasteiger partial charge in [-0.05, 0) is 36.4 Å². The number of rotatable bonds is 2. The summed E-state index contributed by atoms with van der Waals surface area (Å²) in [5, 5.41) is 1.24. The highest BCUT2D eigenvalue weighted by molar-refractivity contribution is 6.32. The maximum atomic E-state index is 11.9. The molecule has 1 aromatic carbocycles. The van der Waals surface area contributed by atoms with E-state index in [4.69, 9.17) is 17.3 Å². The molecule has 5 nitrogen and oxygen atoms in total. The number of hydrogen-bond acceptors (Lipinski definition) is 2. The van der Waals surface area contributed by atoms with Crippen molar-refractivity contribution in [2.24, 2.45) is 12.8 Å². The van der Waals surface area contributed by atoms with Gasteiger partial charge in [-0.25, -0.2) is 9.78 Å². The number of anilines is 2. The number of hydrogen-bond donors (Lipinski definition) is 1. The van der Waals surface area contributed by atoms with Crippen LogP contribution >= 0.6 is 11.6 Å². The summed E-state index contributed by atoms with van der Waals surface area (Å²) in [6.45, 7) is 0. The molecule has 2 aromatic heterocycles. The van der Waals surface area contributed by atoms with Gasteiger partial charge in [-0.1, -0.05) is 11.6 Å². The van der Waals surface area contributed by atoms with E-state index in [0.717, 1.165) is 10.9 Å². The molecule has 3 aromatic rings. The lowest BCUT2D eigenvalue weighted by molar-refractivity contribution is 0.256. The minimum absolute atomic E-state index is 0.226. The Hall–Kier alpha value is -2.53. The van der Waals surface area contributed by atoms with Crippen LogP contribution in [0.5, 0.6) is 0 Å². The monoisotopic (exact) mass is 300 g/mol. The molecule has 21 heavy (non-hydrogen) atoms. The molecule has 106 valence electrons. The van der Waals surface area contributed by atoms with E-state index >= 15 is 0 Å². The zero-order chi connectivity index (χ0) is 15.0. The van der Waals surface area contributed by atoms with Gasteiger partial charge in [-0.2, -0.15) is 0 Å². The molecular weight excluding hydrogens is 288 g/mol. The molecule has 0 aliphatic carbocycles. The lowest BCUT2D eigenvalue weighted by Gasteiger charge is -2.21.